The molecule has 0 amide bonds. The van der Waals surface area contributed by atoms with Crippen molar-refractivity contribution in [1.29, 1.82) is 0 Å². The van der Waals surface area contributed by atoms with E-state index in [9.17, 15) is 9.59 Å². The Balaban J connectivity index is 1.67. The molecule has 0 aliphatic heterocycles. The molecule has 174 valence electrons. The molecule has 2 aromatic heterocycles. The first-order chi connectivity index (χ1) is 16.2. The van der Waals surface area contributed by atoms with Gasteiger partial charge in [0.25, 0.3) is 5.56 Å². The summed E-state index contributed by atoms with van der Waals surface area (Å²) in [5.74, 6) is 1.27. The molecule has 2 heterocycles. The van der Waals surface area contributed by atoms with Crippen molar-refractivity contribution in [2.75, 3.05) is 6.61 Å². The second-order valence-corrected chi connectivity index (χ2v) is 9.62. The predicted octanol–water partition coefficient (Wildman–Crippen LogP) is 5.78. The van der Waals surface area contributed by atoms with Crippen LogP contribution in [-0.2, 0) is 10.2 Å². The third-order valence-corrected chi connectivity index (χ3v) is 5.58. The summed E-state index contributed by atoms with van der Waals surface area (Å²) in [6.45, 7) is 8.04. The standard InChI is InChI=1S/C26H24BrN3O4/c1-5-33-24(32)17-8-6-16(7-9-17)22-13-11-19(34-22)15-28-30-23(31)20-14-18(27)10-12-21(20)29-25(30)26(2,3)4/h6-15H,5H2,1-4H3. The minimum atomic E-state index is -0.410. The summed E-state index contributed by atoms with van der Waals surface area (Å²) in [5, 5.41) is 4.91. The monoisotopic (exact) mass is 521 g/mol. The third-order valence-electron chi connectivity index (χ3n) is 5.09. The second-order valence-electron chi connectivity index (χ2n) is 8.71. The van der Waals surface area contributed by atoms with Crippen LogP contribution in [0.3, 0.4) is 0 Å². The predicted molar refractivity (Wildman–Crippen MR) is 135 cm³/mol. The summed E-state index contributed by atoms with van der Waals surface area (Å²) in [5.41, 5.74) is 1.23. The number of aromatic nitrogens is 2. The zero-order chi connectivity index (χ0) is 24.5. The van der Waals surface area contributed by atoms with Gasteiger partial charge < -0.3 is 9.15 Å². The van der Waals surface area contributed by atoms with E-state index in [0.717, 1.165) is 10.0 Å². The Labute approximate surface area is 205 Å². The maximum Gasteiger partial charge on any atom is 0.338 e. The van der Waals surface area contributed by atoms with Crippen molar-refractivity contribution < 1.29 is 13.9 Å². The molecule has 2 aromatic carbocycles. The van der Waals surface area contributed by atoms with Crippen LogP contribution in [0.15, 0.2) is 73.4 Å². The molecule has 0 aliphatic rings. The van der Waals surface area contributed by atoms with E-state index in [4.69, 9.17) is 14.1 Å². The van der Waals surface area contributed by atoms with Gasteiger partial charge in [0.1, 0.15) is 17.3 Å². The van der Waals surface area contributed by atoms with Gasteiger partial charge in [0, 0.05) is 15.5 Å². The lowest BCUT2D eigenvalue weighted by Crippen LogP contribution is -2.29. The minimum absolute atomic E-state index is 0.256. The van der Waals surface area contributed by atoms with Gasteiger partial charge in [0.2, 0.25) is 0 Å². The van der Waals surface area contributed by atoms with E-state index in [1.165, 1.54) is 10.9 Å². The molecule has 0 fully saturated rings. The average Bonchev–Trinajstić information content (AvgIpc) is 3.27. The van der Waals surface area contributed by atoms with Gasteiger partial charge in [0.15, 0.2) is 0 Å². The van der Waals surface area contributed by atoms with E-state index in [1.807, 2.05) is 39.0 Å². The second kappa shape index (κ2) is 9.38. The van der Waals surface area contributed by atoms with E-state index in [0.29, 0.717) is 40.4 Å². The summed E-state index contributed by atoms with van der Waals surface area (Å²) in [6, 6.07) is 16.0. The van der Waals surface area contributed by atoms with Crippen molar-refractivity contribution in [3.8, 4) is 11.3 Å². The average molecular weight is 522 g/mol. The maximum atomic E-state index is 13.2. The highest BCUT2D eigenvalue weighted by atomic mass is 79.9. The van der Waals surface area contributed by atoms with Crippen molar-refractivity contribution in [3.63, 3.8) is 0 Å². The number of fused-ring (bicyclic) bond motifs is 1. The van der Waals surface area contributed by atoms with E-state index >= 15 is 0 Å². The first-order valence-corrected chi connectivity index (χ1v) is 11.6. The molecule has 0 saturated heterocycles. The molecule has 0 radical (unpaired) electrons. The van der Waals surface area contributed by atoms with Crippen molar-refractivity contribution in [1.82, 2.24) is 9.66 Å². The van der Waals surface area contributed by atoms with Crippen LogP contribution in [0.4, 0.5) is 0 Å². The fourth-order valence-corrected chi connectivity index (χ4v) is 3.78. The number of benzene rings is 2. The molecule has 0 saturated carbocycles. The summed E-state index contributed by atoms with van der Waals surface area (Å²) in [6.07, 6.45) is 1.50. The van der Waals surface area contributed by atoms with Crippen molar-refractivity contribution in [2.45, 2.75) is 33.1 Å². The van der Waals surface area contributed by atoms with Gasteiger partial charge in [-0.15, -0.1) is 0 Å². The van der Waals surface area contributed by atoms with Crippen LogP contribution in [-0.4, -0.2) is 28.5 Å². The van der Waals surface area contributed by atoms with Gasteiger partial charge in [0.05, 0.1) is 29.3 Å². The Bertz CT molecular complexity index is 1440. The Hall–Kier alpha value is -3.52. The topological polar surface area (TPSA) is 86.7 Å². The van der Waals surface area contributed by atoms with Crippen LogP contribution in [0.5, 0.6) is 0 Å². The van der Waals surface area contributed by atoms with Crippen molar-refractivity contribution in [3.05, 3.63) is 86.6 Å². The quantitative estimate of drug-likeness (QED) is 0.245. The Kier molecular flexibility index (Phi) is 6.52. The van der Waals surface area contributed by atoms with Crippen LogP contribution < -0.4 is 5.56 Å². The van der Waals surface area contributed by atoms with E-state index < -0.39 is 5.41 Å². The first-order valence-electron chi connectivity index (χ1n) is 10.8. The largest absolute Gasteiger partial charge is 0.462 e. The van der Waals surface area contributed by atoms with Crippen molar-refractivity contribution >= 4 is 39.0 Å². The lowest BCUT2D eigenvalue weighted by atomic mass is 9.95. The summed E-state index contributed by atoms with van der Waals surface area (Å²) < 4.78 is 13.0. The lowest BCUT2D eigenvalue weighted by molar-refractivity contribution is 0.0526. The molecular formula is C26H24BrN3O4. The smallest absolute Gasteiger partial charge is 0.338 e. The molecule has 8 heteroatoms. The molecule has 0 unspecified atom stereocenters. The molecule has 4 rings (SSSR count). The number of rotatable bonds is 5. The third kappa shape index (κ3) is 4.87. The van der Waals surface area contributed by atoms with Gasteiger partial charge in [-0.05, 0) is 49.4 Å². The van der Waals surface area contributed by atoms with Gasteiger partial charge in [-0.25, -0.2) is 9.78 Å². The van der Waals surface area contributed by atoms with Crippen LogP contribution in [0, 0.1) is 0 Å². The summed E-state index contributed by atoms with van der Waals surface area (Å²) in [7, 11) is 0. The fourth-order valence-electron chi connectivity index (χ4n) is 3.42. The van der Waals surface area contributed by atoms with Gasteiger partial charge in [-0.2, -0.15) is 9.78 Å². The zero-order valence-electron chi connectivity index (χ0n) is 19.3. The van der Waals surface area contributed by atoms with Crippen molar-refractivity contribution in [2.24, 2.45) is 5.10 Å². The summed E-state index contributed by atoms with van der Waals surface area (Å²) in [4.78, 5) is 29.8. The van der Waals surface area contributed by atoms with Crippen LogP contribution in [0.1, 0.15) is 49.6 Å². The van der Waals surface area contributed by atoms with E-state index in [1.54, 1.807) is 43.3 Å². The molecular weight excluding hydrogens is 498 g/mol. The lowest BCUT2D eigenvalue weighted by Gasteiger charge is -2.20. The maximum absolute atomic E-state index is 13.2. The highest BCUT2D eigenvalue weighted by Gasteiger charge is 2.23. The number of nitrogens with zero attached hydrogens (tertiary/aromatic N) is 3. The number of ether oxygens (including phenoxy) is 1. The molecule has 0 atom stereocenters. The Morgan fingerprint density at radius 1 is 1.15 bits per heavy atom. The van der Waals surface area contributed by atoms with Gasteiger partial charge in [-0.1, -0.05) is 48.8 Å². The highest BCUT2D eigenvalue weighted by Crippen LogP contribution is 2.24. The Morgan fingerprint density at radius 2 is 1.88 bits per heavy atom. The molecule has 34 heavy (non-hydrogen) atoms. The molecule has 4 aromatic rings. The van der Waals surface area contributed by atoms with Crippen LogP contribution in [0.25, 0.3) is 22.2 Å². The van der Waals surface area contributed by atoms with Crippen LogP contribution >= 0.6 is 15.9 Å². The molecule has 0 bridgehead atoms. The molecule has 0 spiro atoms. The normalized spacial score (nSPS) is 11.9. The number of halogens is 1. The fraction of sp³-hybridized carbons (Fsp3) is 0.231. The highest BCUT2D eigenvalue weighted by molar-refractivity contribution is 9.10. The molecule has 7 nitrogen and oxygen atoms in total. The number of hydrogen-bond acceptors (Lipinski definition) is 6. The van der Waals surface area contributed by atoms with Crippen LogP contribution in [0.2, 0.25) is 0 Å². The minimum Gasteiger partial charge on any atom is -0.462 e. The zero-order valence-corrected chi connectivity index (χ0v) is 20.9. The number of furan rings is 1. The Morgan fingerprint density at radius 3 is 2.56 bits per heavy atom. The van der Waals surface area contributed by atoms with Gasteiger partial charge in [-0.3, -0.25) is 4.79 Å². The number of hydrogen-bond donors (Lipinski definition) is 0. The number of esters is 1. The molecule has 0 N–H and O–H groups in total. The number of carbonyl (C=O) groups is 1. The van der Waals surface area contributed by atoms with E-state index in [2.05, 4.69) is 21.0 Å². The molecule has 0 aliphatic carbocycles. The number of carbonyl (C=O) groups excluding carboxylic acids is 1. The van der Waals surface area contributed by atoms with E-state index in [-0.39, 0.29) is 11.5 Å². The van der Waals surface area contributed by atoms with Gasteiger partial charge >= 0.3 is 5.97 Å². The summed E-state index contributed by atoms with van der Waals surface area (Å²) >= 11 is 3.41. The SMILES string of the molecule is CCOC(=O)c1ccc(-c2ccc(C=Nn3c(C(C)(C)C)nc4ccc(Br)cc4c3=O)o2)cc1. The first kappa shape index (κ1) is 23.6.